The van der Waals surface area contributed by atoms with E-state index < -0.39 is 5.97 Å². The Morgan fingerprint density at radius 2 is 2.22 bits per heavy atom. The number of rotatable bonds is 8. The van der Waals surface area contributed by atoms with E-state index in [1.807, 2.05) is 0 Å². The summed E-state index contributed by atoms with van der Waals surface area (Å²) in [7, 11) is 1.57. The van der Waals surface area contributed by atoms with Crippen LogP contribution in [0.4, 0.5) is 0 Å². The zero-order valence-electron chi connectivity index (χ0n) is 10.4. The minimum atomic E-state index is -0.883. The van der Waals surface area contributed by atoms with Crippen LogP contribution < -0.4 is 5.56 Å². The number of nitrogens with zero attached hydrogens (tertiary/aromatic N) is 2. The normalized spacial score (nSPS) is 10.8. The van der Waals surface area contributed by atoms with Gasteiger partial charge < -0.3 is 14.4 Å². The van der Waals surface area contributed by atoms with Crippen molar-refractivity contribution in [3.63, 3.8) is 0 Å². The summed E-state index contributed by atoms with van der Waals surface area (Å²) in [5.41, 5.74) is -0.0838. The Kier molecular flexibility index (Phi) is 6.10. The first-order valence-electron chi connectivity index (χ1n) is 5.72. The number of hydrogen-bond acceptors (Lipinski definition) is 4. The second-order valence-corrected chi connectivity index (χ2v) is 3.89. The number of carbonyl (C=O) groups is 1. The molecule has 0 radical (unpaired) electrons. The number of carboxylic acid groups (broad SMARTS) is 1. The van der Waals surface area contributed by atoms with Gasteiger partial charge in [0.25, 0.3) is 5.56 Å². The van der Waals surface area contributed by atoms with Crippen LogP contribution in [0.5, 0.6) is 0 Å². The monoisotopic (exact) mass is 254 g/mol. The molecule has 6 nitrogen and oxygen atoms in total. The van der Waals surface area contributed by atoms with Gasteiger partial charge in [0.15, 0.2) is 0 Å². The van der Waals surface area contributed by atoms with Crippen LogP contribution in [0.15, 0.2) is 29.2 Å². The Hall–Kier alpha value is -1.66. The lowest BCUT2D eigenvalue weighted by Gasteiger charge is -2.20. The third-order valence-corrected chi connectivity index (χ3v) is 2.53. The van der Waals surface area contributed by atoms with Gasteiger partial charge in [0, 0.05) is 39.0 Å². The van der Waals surface area contributed by atoms with Gasteiger partial charge in [-0.1, -0.05) is 6.07 Å². The maximum Gasteiger partial charge on any atom is 0.317 e. The van der Waals surface area contributed by atoms with E-state index in [0.29, 0.717) is 26.2 Å². The number of hydrogen-bond donors (Lipinski definition) is 1. The molecule has 18 heavy (non-hydrogen) atoms. The highest BCUT2D eigenvalue weighted by molar-refractivity contribution is 5.69. The molecule has 0 saturated carbocycles. The lowest BCUT2D eigenvalue weighted by atomic mass is 10.4. The van der Waals surface area contributed by atoms with Crippen molar-refractivity contribution >= 4 is 5.97 Å². The minimum Gasteiger partial charge on any atom is -0.480 e. The molecule has 0 atom stereocenters. The van der Waals surface area contributed by atoms with Crippen molar-refractivity contribution < 1.29 is 14.6 Å². The Morgan fingerprint density at radius 3 is 2.83 bits per heavy atom. The van der Waals surface area contributed by atoms with E-state index in [-0.39, 0.29) is 12.1 Å². The average Bonchev–Trinajstić information content (AvgIpc) is 2.34. The molecule has 0 aromatic carbocycles. The van der Waals surface area contributed by atoms with E-state index >= 15 is 0 Å². The summed E-state index contributed by atoms with van der Waals surface area (Å²) in [6.07, 6.45) is 1.69. The van der Waals surface area contributed by atoms with Crippen LogP contribution in [0, 0.1) is 0 Å². The second kappa shape index (κ2) is 7.62. The fraction of sp³-hybridized carbons (Fsp3) is 0.500. The maximum absolute atomic E-state index is 11.5. The van der Waals surface area contributed by atoms with E-state index in [0.717, 1.165) is 0 Å². The molecular weight excluding hydrogens is 236 g/mol. The zero-order chi connectivity index (χ0) is 13.4. The van der Waals surface area contributed by atoms with E-state index in [4.69, 9.17) is 9.84 Å². The van der Waals surface area contributed by atoms with Gasteiger partial charge in [-0.25, -0.2) is 0 Å². The van der Waals surface area contributed by atoms with Crippen molar-refractivity contribution in [3.05, 3.63) is 34.7 Å². The van der Waals surface area contributed by atoms with Crippen molar-refractivity contribution in [1.29, 1.82) is 0 Å². The number of aromatic nitrogens is 1. The molecule has 1 aromatic rings. The standard InChI is InChI=1S/C12H18N2O4/c1-18-9-8-13(10-12(16)17)6-7-14-5-3-2-4-11(14)15/h2-5H,6-10H2,1H3,(H,16,17). The van der Waals surface area contributed by atoms with Crippen LogP contribution in [0.3, 0.4) is 0 Å². The molecule has 0 aliphatic carbocycles. The van der Waals surface area contributed by atoms with Crippen LogP contribution in [0.1, 0.15) is 0 Å². The molecule has 1 N–H and O–H groups in total. The molecular formula is C12H18N2O4. The van der Waals surface area contributed by atoms with Gasteiger partial charge in [0.2, 0.25) is 0 Å². The SMILES string of the molecule is COCCN(CCn1ccccc1=O)CC(=O)O. The number of pyridine rings is 1. The molecule has 0 aliphatic rings. The lowest BCUT2D eigenvalue weighted by Crippen LogP contribution is -2.36. The third kappa shape index (κ3) is 5.11. The second-order valence-electron chi connectivity index (χ2n) is 3.89. The topological polar surface area (TPSA) is 71.8 Å². The van der Waals surface area contributed by atoms with Crippen molar-refractivity contribution in [3.8, 4) is 0 Å². The molecule has 1 aromatic heterocycles. The zero-order valence-corrected chi connectivity index (χ0v) is 10.4. The van der Waals surface area contributed by atoms with Gasteiger partial charge in [0.05, 0.1) is 13.2 Å². The van der Waals surface area contributed by atoms with Crippen LogP contribution in [0.25, 0.3) is 0 Å². The van der Waals surface area contributed by atoms with Crippen molar-refractivity contribution in [2.45, 2.75) is 6.54 Å². The molecule has 0 saturated heterocycles. The molecule has 0 aliphatic heterocycles. The Bertz CT molecular complexity index is 430. The van der Waals surface area contributed by atoms with Crippen LogP contribution >= 0.6 is 0 Å². The molecule has 0 amide bonds. The summed E-state index contributed by atoms with van der Waals surface area (Å²) in [5, 5.41) is 8.78. The number of methoxy groups -OCH3 is 1. The summed E-state index contributed by atoms with van der Waals surface area (Å²) in [6.45, 7) is 1.92. The summed E-state index contributed by atoms with van der Waals surface area (Å²) >= 11 is 0. The Labute approximate surface area is 105 Å². The number of aliphatic carboxylic acids is 1. The first-order chi connectivity index (χ1) is 8.63. The molecule has 1 heterocycles. The highest BCUT2D eigenvalue weighted by Crippen LogP contribution is 1.91. The summed E-state index contributed by atoms with van der Waals surface area (Å²) < 4.78 is 6.48. The van der Waals surface area contributed by atoms with Crippen LogP contribution in [-0.4, -0.2) is 53.9 Å². The fourth-order valence-electron chi connectivity index (χ4n) is 1.58. The first kappa shape index (κ1) is 14.4. The van der Waals surface area contributed by atoms with Gasteiger partial charge >= 0.3 is 5.97 Å². The smallest absolute Gasteiger partial charge is 0.317 e. The number of ether oxygens (including phenoxy) is 1. The summed E-state index contributed by atoms with van der Waals surface area (Å²) in [4.78, 5) is 23.9. The van der Waals surface area contributed by atoms with Gasteiger partial charge in [-0.3, -0.25) is 14.5 Å². The van der Waals surface area contributed by atoms with E-state index in [1.165, 1.54) is 6.07 Å². The molecule has 0 unspecified atom stereocenters. The van der Waals surface area contributed by atoms with E-state index in [9.17, 15) is 9.59 Å². The predicted molar refractivity (Wildman–Crippen MR) is 66.7 cm³/mol. The van der Waals surface area contributed by atoms with Gasteiger partial charge in [-0.2, -0.15) is 0 Å². The molecule has 0 fully saturated rings. The predicted octanol–water partition coefficient (Wildman–Crippen LogP) is -0.119. The molecule has 0 bridgehead atoms. The lowest BCUT2D eigenvalue weighted by molar-refractivity contribution is -0.138. The summed E-state index contributed by atoms with van der Waals surface area (Å²) in [5.74, 6) is -0.883. The minimum absolute atomic E-state index is 0.0507. The van der Waals surface area contributed by atoms with Crippen molar-refractivity contribution in [1.82, 2.24) is 9.47 Å². The largest absolute Gasteiger partial charge is 0.480 e. The van der Waals surface area contributed by atoms with E-state index in [1.54, 1.807) is 34.9 Å². The molecule has 6 heteroatoms. The van der Waals surface area contributed by atoms with Crippen molar-refractivity contribution in [2.75, 3.05) is 33.4 Å². The van der Waals surface area contributed by atoms with Crippen LogP contribution in [-0.2, 0) is 16.1 Å². The molecule has 1 rings (SSSR count). The van der Waals surface area contributed by atoms with Crippen molar-refractivity contribution in [2.24, 2.45) is 0 Å². The quantitative estimate of drug-likeness (QED) is 0.700. The Balaban J connectivity index is 2.53. The third-order valence-electron chi connectivity index (χ3n) is 2.53. The van der Waals surface area contributed by atoms with Gasteiger partial charge in [-0.05, 0) is 6.07 Å². The van der Waals surface area contributed by atoms with Gasteiger partial charge in [-0.15, -0.1) is 0 Å². The van der Waals surface area contributed by atoms with Gasteiger partial charge in [0.1, 0.15) is 0 Å². The van der Waals surface area contributed by atoms with Crippen LogP contribution in [0.2, 0.25) is 0 Å². The maximum atomic E-state index is 11.5. The highest BCUT2D eigenvalue weighted by atomic mass is 16.5. The Morgan fingerprint density at radius 1 is 1.44 bits per heavy atom. The average molecular weight is 254 g/mol. The molecule has 100 valence electrons. The molecule has 0 spiro atoms. The fourth-order valence-corrected chi connectivity index (χ4v) is 1.58. The first-order valence-corrected chi connectivity index (χ1v) is 5.72. The number of carboxylic acids is 1. The summed E-state index contributed by atoms with van der Waals surface area (Å²) in [6, 6.07) is 4.94. The highest BCUT2D eigenvalue weighted by Gasteiger charge is 2.09. The van der Waals surface area contributed by atoms with E-state index in [2.05, 4.69) is 0 Å².